The fourth-order valence-corrected chi connectivity index (χ4v) is 3.80. The molecule has 110 valence electrons. The summed E-state index contributed by atoms with van der Waals surface area (Å²) in [6, 6.07) is 1.86. The van der Waals surface area contributed by atoms with E-state index in [2.05, 4.69) is 10.4 Å². The quantitative estimate of drug-likeness (QED) is 0.883. The lowest BCUT2D eigenvalue weighted by Gasteiger charge is -2.22. The molecule has 0 aliphatic carbocycles. The van der Waals surface area contributed by atoms with Crippen LogP contribution in [0.1, 0.15) is 22.3 Å². The molecule has 0 bridgehead atoms. The standard InChI is InChI=1S/C13H19N3O2S2/c1-8-9-5-10(20-12(9)16(3)15-8)11(17)14-6-13(2,18)7-19-4/h5,18H,6-7H2,1-4H3,(H,14,17). The van der Waals surface area contributed by atoms with Crippen molar-refractivity contribution in [1.82, 2.24) is 15.1 Å². The maximum absolute atomic E-state index is 12.1. The summed E-state index contributed by atoms with van der Waals surface area (Å²) in [4.78, 5) is 13.8. The molecule has 5 nitrogen and oxygen atoms in total. The topological polar surface area (TPSA) is 67.2 Å². The van der Waals surface area contributed by atoms with Crippen LogP contribution in [0.5, 0.6) is 0 Å². The highest BCUT2D eigenvalue weighted by Gasteiger charge is 2.22. The van der Waals surface area contributed by atoms with Crippen molar-refractivity contribution >= 4 is 39.2 Å². The van der Waals surface area contributed by atoms with Crippen molar-refractivity contribution in [3.05, 3.63) is 16.6 Å². The van der Waals surface area contributed by atoms with Crippen LogP contribution in [-0.2, 0) is 7.05 Å². The summed E-state index contributed by atoms with van der Waals surface area (Å²) in [5.74, 6) is 0.440. The molecule has 0 saturated carbocycles. The Bertz CT molecular complexity index is 596. The number of amides is 1. The largest absolute Gasteiger partial charge is 0.387 e. The minimum absolute atomic E-state index is 0.146. The third-order valence-electron chi connectivity index (χ3n) is 3.01. The zero-order valence-electron chi connectivity index (χ0n) is 12.1. The van der Waals surface area contributed by atoms with E-state index in [0.717, 1.165) is 15.9 Å². The first-order valence-corrected chi connectivity index (χ1v) is 8.48. The Labute approximate surface area is 126 Å². The highest BCUT2D eigenvalue weighted by Crippen LogP contribution is 2.27. The molecule has 0 aliphatic rings. The Balaban J connectivity index is 2.10. The van der Waals surface area contributed by atoms with E-state index in [-0.39, 0.29) is 12.5 Å². The molecule has 2 N–H and O–H groups in total. The van der Waals surface area contributed by atoms with Gasteiger partial charge in [-0.05, 0) is 26.2 Å². The minimum Gasteiger partial charge on any atom is -0.387 e. The molecule has 2 heterocycles. The van der Waals surface area contributed by atoms with Crippen molar-refractivity contribution in [2.24, 2.45) is 7.05 Å². The average Bonchev–Trinajstić information content (AvgIpc) is 2.90. The molecule has 7 heteroatoms. The number of thiophene rings is 1. The van der Waals surface area contributed by atoms with E-state index in [1.807, 2.05) is 26.3 Å². The zero-order chi connectivity index (χ0) is 14.9. The van der Waals surface area contributed by atoms with Gasteiger partial charge < -0.3 is 10.4 Å². The molecule has 2 aromatic rings. The fourth-order valence-electron chi connectivity index (χ4n) is 2.04. The highest BCUT2D eigenvalue weighted by molar-refractivity contribution is 7.98. The van der Waals surface area contributed by atoms with Crippen LogP contribution in [0.25, 0.3) is 10.2 Å². The maximum Gasteiger partial charge on any atom is 0.261 e. The van der Waals surface area contributed by atoms with Gasteiger partial charge in [0, 0.05) is 24.7 Å². The second-order valence-electron chi connectivity index (χ2n) is 5.15. The van der Waals surface area contributed by atoms with Crippen LogP contribution in [0.15, 0.2) is 6.07 Å². The molecular weight excluding hydrogens is 294 g/mol. The van der Waals surface area contributed by atoms with Gasteiger partial charge in [0.2, 0.25) is 0 Å². The monoisotopic (exact) mass is 313 g/mol. The molecule has 0 aromatic carbocycles. The number of thioether (sulfide) groups is 1. The van der Waals surface area contributed by atoms with E-state index < -0.39 is 5.60 Å². The van der Waals surface area contributed by atoms with E-state index in [9.17, 15) is 9.90 Å². The van der Waals surface area contributed by atoms with Crippen molar-refractivity contribution in [2.45, 2.75) is 19.4 Å². The summed E-state index contributed by atoms with van der Waals surface area (Å²) in [6.07, 6.45) is 1.93. The molecule has 0 spiro atoms. The molecule has 0 aliphatic heterocycles. The van der Waals surface area contributed by atoms with Gasteiger partial charge in [0.15, 0.2) is 0 Å². The Morgan fingerprint density at radius 2 is 2.35 bits per heavy atom. The van der Waals surface area contributed by atoms with Crippen LogP contribution in [0.2, 0.25) is 0 Å². The number of carbonyl (C=O) groups excluding carboxylic acids is 1. The van der Waals surface area contributed by atoms with Gasteiger partial charge in [-0.2, -0.15) is 16.9 Å². The van der Waals surface area contributed by atoms with Gasteiger partial charge in [0.05, 0.1) is 16.2 Å². The van der Waals surface area contributed by atoms with E-state index in [1.54, 1.807) is 23.4 Å². The van der Waals surface area contributed by atoms with E-state index >= 15 is 0 Å². The molecule has 1 amide bonds. The second-order valence-corrected chi connectivity index (χ2v) is 7.05. The number of nitrogens with one attached hydrogen (secondary N) is 1. The number of fused-ring (bicyclic) bond motifs is 1. The molecule has 1 atom stereocenters. The van der Waals surface area contributed by atoms with Gasteiger partial charge in [-0.15, -0.1) is 11.3 Å². The molecule has 0 radical (unpaired) electrons. The minimum atomic E-state index is -0.886. The van der Waals surface area contributed by atoms with Gasteiger partial charge in [-0.25, -0.2) is 0 Å². The number of nitrogens with zero attached hydrogens (tertiary/aromatic N) is 2. The fraction of sp³-hybridized carbons (Fsp3) is 0.538. The summed E-state index contributed by atoms with van der Waals surface area (Å²) in [5, 5.41) is 18.2. The van der Waals surface area contributed by atoms with Gasteiger partial charge in [0.1, 0.15) is 4.83 Å². The number of hydrogen-bond acceptors (Lipinski definition) is 5. The Morgan fingerprint density at radius 3 is 2.95 bits per heavy atom. The molecule has 20 heavy (non-hydrogen) atoms. The first-order valence-electron chi connectivity index (χ1n) is 6.27. The van der Waals surface area contributed by atoms with Crippen molar-refractivity contribution in [2.75, 3.05) is 18.6 Å². The lowest BCUT2D eigenvalue weighted by atomic mass is 10.1. The van der Waals surface area contributed by atoms with Crippen molar-refractivity contribution < 1.29 is 9.90 Å². The number of carbonyl (C=O) groups is 1. The van der Waals surface area contributed by atoms with Crippen LogP contribution in [0, 0.1) is 6.92 Å². The summed E-state index contributed by atoms with van der Waals surface area (Å²) < 4.78 is 1.79. The maximum atomic E-state index is 12.1. The van der Waals surface area contributed by atoms with Gasteiger partial charge in [-0.1, -0.05) is 0 Å². The Hall–Kier alpha value is -1.05. The number of hydrogen-bond donors (Lipinski definition) is 2. The smallest absolute Gasteiger partial charge is 0.261 e. The van der Waals surface area contributed by atoms with E-state index in [1.165, 1.54) is 11.3 Å². The predicted molar refractivity (Wildman–Crippen MR) is 84.7 cm³/mol. The molecule has 0 fully saturated rings. The lowest BCUT2D eigenvalue weighted by molar-refractivity contribution is 0.0727. The SMILES string of the molecule is CSCC(C)(O)CNC(=O)c1cc2c(C)nn(C)c2s1. The number of aliphatic hydroxyl groups is 1. The predicted octanol–water partition coefficient (Wildman–Crippen LogP) is 1.79. The summed E-state index contributed by atoms with van der Waals surface area (Å²) in [7, 11) is 1.87. The van der Waals surface area contributed by atoms with Crippen LogP contribution in [-0.4, -0.2) is 44.9 Å². The van der Waals surface area contributed by atoms with Crippen molar-refractivity contribution in [3.63, 3.8) is 0 Å². The van der Waals surface area contributed by atoms with Crippen molar-refractivity contribution in [1.29, 1.82) is 0 Å². The third kappa shape index (κ3) is 3.16. The normalized spacial score (nSPS) is 14.4. The zero-order valence-corrected chi connectivity index (χ0v) is 13.7. The Morgan fingerprint density at radius 1 is 1.65 bits per heavy atom. The molecule has 2 rings (SSSR count). The Kier molecular flexibility index (Phi) is 4.41. The number of aryl methyl sites for hydroxylation is 2. The van der Waals surface area contributed by atoms with Crippen LogP contribution in [0.3, 0.4) is 0 Å². The first-order chi connectivity index (χ1) is 9.34. The van der Waals surface area contributed by atoms with Crippen LogP contribution in [0.4, 0.5) is 0 Å². The van der Waals surface area contributed by atoms with Gasteiger partial charge in [0.25, 0.3) is 5.91 Å². The number of aromatic nitrogens is 2. The highest BCUT2D eigenvalue weighted by atomic mass is 32.2. The molecule has 1 unspecified atom stereocenters. The van der Waals surface area contributed by atoms with Gasteiger partial charge >= 0.3 is 0 Å². The molecular formula is C13H19N3O2S2. The lowest BCUT2D eigenvalue weighted by Crippen LogP contribution is -2.42. The van der Waals surface area contributed by atoms with Crippen molar-refractivity contribution in [3.8, 4) is 0 Å². The van der Waals surface area contributed by atoms with Crippen LogP contribution < -0.4 is 5.32 Å². The summed E-state index contributed by atoms with van der Waals surface area (Å²) in [6.45, 7) is 3.90. The van der Waals surface area contributed by atoms with Crippen LogP contribution >= 0.6 is 23.1 Å². The number of rotatable bonds is 5. The first kappa shape index (κ1) is 15.3. The average molecular weight is 313 g/mol. The van der Waals surface area contributed by atoms with E-state index in [4.69, 9.17) is 0 Å². The second kappa shape index (κ2) is 5.75. The third-order valence-corrected chi connectivity index (χ3v) is 5.12. The van der Waals surface area contributed by atoms with Gasteiger partial charge in [-0.3, -0.25) is 9.48 Å². The molecule has 2 aromatic heterocycles. The molecule has 0 saturated heterocycles. The summed E-state index contributed by atoms with van der Waals surface area (Å²) >= 11 is 2.97. The summed E-state index contributed by atoms with van der Waals surface area (Å²) in [5.41, 5.74) is 0.0376. The van der Waals surface area contributed by atoms with E-state index in [0.29, 0.717) is 10.6 Å².